The third-order valence-corrected chi connectivity index (χ3v) is 6.04. The Balaban J connectivity index is 1.63. The van der Waals surface area contributed by atoms with E-state index < -0.39 is 6.10 Å². The van der Waals surface area contributed by atoms with Crippen LogP contribution in [0.25, 0.3) is 11.1 Å². The van der Waals surface area contributed by atoms with Crippen LogP contribution < -0.4 is 9.46 Å². The van der Waals surface area contributed by atoms with Gasteiger partial charge in [0.25, 0.3) is 5.91 Å². The number of hydrogen-bond acceptors (Lipinski definition) is 4. The van der Waals surface area contributed by atoms with Gasteiger partial charge in [0, 0.05) is 22.3 Å². The van der Waals surface area contributed by atoms with E-state index in [0.29, 0.717) is 24.3 Å². The Kier molecular flexibility index (Phi) is 4.21. The lowest BCUT2D eigenvalue weighted by Gasteiger charge is -2.23. The van der Waals surface area contributed by atoms with Crippen molar-refractivity contribution in [1.82, 2.24) is 4.72 Å². The van der Waals surface area contributed by atoms with Gasteiger partial charge in [-0.15, -0.1) is 0 Å². The summed E-state index contributed by atoms with van der Waals surface area (Å²) >= 11 is 1.52. The van der Waals surface area contributed by atoms with E-state index in [2.05, 4.69) is 11.6 Å². The van der Waals surface area contributed by atoms with E-state index in [1.54, 1.807) is 0 Å². The minimum Gasteiger partial charge on any atom is -0.493 e. The minimum atomic E-state index is -0.480. The van der Waals surface area contributed by atoms with Crippen molar-refractivity contribution in [2.24, 2.45) is 0 Å². The maximum atomic E-state index is 12.7. The van der Waals surface area contributed by atoms with Crippen molar-refractivity contribution in [3.05, 3.63) is 53.6 Å². The number of benzene rings is 2. The molecule has 1 saturated carbocycles. The molecule has 1 atom stereocenters. The maximum Gasteiger partial charge on any atom is 0.261 e. The van der Waals surface area contributed by atoms with Crippen LogP contribution in [0.3, 0.4) is 0 Å². The molecule has 25 heavy (non-hydrogen) atoms. The highest BCUT2D eigenvalue weighted by atomic mass is 32.2. The summed E-state index contributed by atoms with van der Waals surface area (Å²) in [5.41, 5.74) is 3.25. The lowest BCUT2D eigenvalue weighted by Crippen LogP contribution is -2.20. The van der Waals surface area contributed by atoms with Gasteiger partial charge in [0.1, 0.15) is 5.75 Å². The van der Waals surface area contributed by atoms with Gasteiger partial charge in [-0.2, -0.15) is 0 Å². The van der Waals surface area contributed by atoms with Gasteiger partial charge < -0.3 is 9.84 Å². The predicted molar refractivity (Wildman–Crippen MR) is 99.6 cm³/mol. The van der Waals surface area contributed by atoms with Crippen molar-refractivity contribution < 1.29 is 14.6 Å². The zero-order valence-corrected chi connectivity index (χ0v) is 14.9. The highest BCUT2D eigenvalue weighted by Crippen LogP contribution is 2.46. The van der Waals surface area contributed by atoms with Crippen LogP contribution in [0.2, 0.25) is 0 Å². The second kappa shape index (κ2) is 6.39. The number of carbonyl (C=O) groups is 1. The van der Waals surface area contributed by atoms with Gasteiger partial charge in [-0.25, -0.2) is 0 Å². The van der Waals surface area contributed by atoms with Gasteiger partial charge in [0.2, 0.25) is 0 Å². The van der Waals surface area contributed by atoms with Crippen molar-refractivity contribution in [2.75, 3.05) is 6.61 Å². The molecule has 1 unspecified atom stereocenters. The molecule has 0 bridgehead atoms. The molecule has 4 rings (SSSR count). The van der Waals surface area contributed by atoms with E-state index in [1.807, 2.05) is 42.5 Å². The standard InChI is InChI=1S/C20H21NO3S/c1-20(9-10-20)25-21-19(23)15-5-3-2-4-14(15)13-6-7-16-17(22)8-11-24-18(16)12-13/h2-7,12,17,22H,8-11H2,1H3,(H,21,23). The predicted octanol–water partition coefficient (Wildman–Crippen LogP) is 4.10. The third-order valence-electron chi connectivity index (χ3n) is 4.85. The molecule has 0 saturated heterocycles. The summed E-state index contributed by atoms with van der Waals surface area (Å²) in [6, 6.07) is 13.3. The first kappa shape index (κ1) is 16.5. The first-order valence-electron chi connectivity index (χ1n) is 8.58. The SMILES string of the molecule is CC1(SNC(=O)c2ccccc2-c2ccc3c(c2)OCCC3O)CC1. The number of nitrogens with one attached hydrogen (secondary N) is 1. The molecule has 1 aliphatic heterocycles. The Bertz CT molecular complexity index is 816. The van der Waals surface area contributed by atoms with Gasteiger partial charge in [0.15, 0.2) is 0 Å². The molecule has 1 aliphatic carbocycles. The van der Waals surface area contributed by atoms with Crippen LogP contribution in [0.1, 0.15) is 48.2 Å². The molecule has 2 aliphatic rings. The highest BCUT2D eigenvalue weighted by molar-refractivity contribution is 7.99. The molecule has 1 heterocycles. The van der Waals surface area contributed by atoms with E-state index in [0.717, 1.165) is 29.5 Å². The van der Waals surface area contributed by atoms with E-state index in [4.69, 9.17) is 4.74 Å². The summed E-state index contributed by atoms with van der Waals surface area (Å²) in [6.07, 6.45) is 2.42. The molecule has 0 spiro atoms. The first-order chi connectivity index (χ1) is 12.1. The lowest BCUT2D eigenvalue weighted by atomic mass is 9.95. The highest BCUT2D eigenvalue weighted by Gasteiger charge is 2.39. The fourth-order valence-electron chi connectivity index (χ4n) is 2.97. The number of amides is 1. The van der Waals surface area contributed by atoms with Crippen molar-refractivity contribution in [3.63, 3.8) is 0 Å². The van der Waals surface area contributed by atoms with Crippen LogP contribution in [0, 0.1) is 0 Å². The largest absolute Gasteiger partial charge is 0.493 e. The van der Waals surface area contributed by atoms with Crippen molar-refractivity contribution in [2.45, 2.75) is 37.0 Å². The fourth-order valence-corrected chi connectivity index (χ4v) is 3.73. The lowest BCUT2D eigenvalue weighted by molar-refractivity contribution is 0.0984. The summed E-state index contributed by atoms with van der Waals surface area (Å²) in [5.74, 6) is 0.624. The van der Waals surface area contributed by atoms with Crippen molar-refractivity contribution in [3.8, 4) is 16.9 Å². The summed E-state index contributed by atoms with van der Waals surface area (Å²) in [4.78, 5) is 12.7. The molecule has 2 aromatic rings. The monoisotopic (exact) mass is 355 g/mol. The number of fused-ring (bicyclic) bond motifs is 1. The Labute approximate surface area is 151 Å². The number of rotatable bonds is 4. The zero-order valence-electron chi connectivity index (χ0n) is 14.1. The summed E-state index contributed by atoms with van der Waals surface area (Å²) in [5, 5.41) is 10.1. The maximum absolute atomic E-state index is 12.7. The van der Waals surface area contributed by atoms with Gasteiger partial charge in [-0.3, -0.25) is 9.52 Å². The molecule has 4 nitrogen and oxygen atoms in total. The van der Waals surface area contributed by atoms with Crippen LogP contribution >= 0.6 is 11.9 Å². The Morgan fingerprint density at radius 2 is 2.08 bits per heavy atom. The fraction of sp³-hybridized carbons (Fsp3) is 0.350. The minimum absolute atomic E-state index is 0.0765. The molecule has 5 heteroatoms. The van der Waals surface area contributed by atoms with E-state index >= 15 is 0 Å². The van der Waals surface area contributed by atoms with Gasteiger partial charge in [-0.05, 0) is 55.0 Å². The Hall–Kier alpha value is -1.98. The summed E-state index contributed by atoms with van der Waals surface area (Å²) in [6.45, 7) is 2.67. The van der Waals surface area contributed by atoms with Crippen LogP contribution in [0.15, 0.2) is 42.5 Å². The normalized spacial score (nSPS) is 20.3. The van der Waals surface area contributed by atoms with E-state index in [9.17, 15) is 9.90 Å². The van der Waals surface area contributed by atoms with Crippen molar-refractivity contribution >= 4 is 17.9 Å². The molecular weight excluding hydrogens is 334 g/mol. The van der Waals surface area contributed by atoms with Gasteiger partial charge in [0.05, 0.1) is 12.7 Å². The molecular formula is C20H21NO3S. The second-order valence-electron chi connectivity index (χ2n) is 6.93. The molecule has 1 fully saturated rings. The van der Waals surface area contributed by atoms with Crippen LogP contribution in [0.4, 0.5) is 0 Å². The molecule has 1 amide bonds. The molecule has 0 aromatic heterocycles. The van der Waals surface area contributed by atoms with E-state index in [1.165, 1.54) is 11.9 Å². The average Bonchev–Trinajstić information content (AvgIpc) is 3.37. The average molecular weight is 355 g/mol. The number of hydrogen-bond donors (Lipinski definition) is 2. The zero-order chi connectivity index (χ0) is 17.4. The number of ether oxygens (including phenoxy) is 1. The van der Waals surface area contributed by atoms with Crippen molar-refractivity contribution in [1.29, 1.82) is 0 Å². The van der Waals surface area contributed by atoms with Crippen LogP contribution in [-0.2, 0) is 0 Å². The molecule has 2 N–H and O–H groups in total. The first-order valence-corrected chi connectivity index (χ1v) is 9.40. The molecule has 130 valence electrons. The van der Waals surface area contributed by atoms with Crippen LogP contribution in [-0.4, -0.2) is 22.4 Å². The summed E-state index contributed by atoms with van der Waals surface area (Å²) < 4.78 is 8.87. The topological polar surface area (TPSA) is 58.6 Å². The number of carbonyl (C=O) groups excluding carboxylic acids is 1. The van der Waals surface area contributed by atoms with Gasteiger partial charge in [-0.1, -0.05) is 30.3 Å². The third kappa shape index (κ3) is 3.39. The Morgan fingerprint density at radius 3 is 2.88 bits per heavy atom. The number of aliphatic hydroxyl groups excluding tert-OH is 1. The quantitative estimate of drug-likeness (QED) is 0.811. The molecule has 0 radical (unpaired) electrons. The summed E-state index contributed by atoms with van der Waals surface area (Å²) in [7, 11) is 0. The molecule has 2 aromatic carbocycles. The van der Waals surface area contributed by atoms with Gasteiger partial charge >= 0.3 is 0 Å². The number of aliphatic hydroxyl groups is 1. The smallest absolute Gasteiger partial charge is 0.261 e. The Morgan fingerprint density at radius 1 is 1.28 bits per heavy atom. The van der Waals surface area contributed by atoms with Crippen LogP contribution in [0.5, 0.6) is 5.75 Å². The second-order valence-corrected chi connectivity index (χ2v) is 8.33. The van der Waals surface area contributed by atoms with E-state index in [-0.39, 0.29) is 10.7 Å².